The van der Waals surface area contributed by atoms with Crippen molar-refractivity contribution in [2.45, 2.75) is 13.8 Å². The van der Waals surface area contributed by atoms with Gasteiger partial charge in [-0.1, -0.05) is 18.2 Å². The largest absolute Gasteiger partial charge is 0.423 e. The van der Waals surface area contributed by atoms with Gasteiger partial charge in [-0.3, -0.25) is 4.79 Å². The van der Waals surface area contributed by atoms with Crippen LogP contribution in [-0.4, -0.2) is 11.8 Å². The van der Waals surface area contributed by atoms with Gasteiger partial charge in [0.05, 0.1) is 5.56 Å². The maximum atomic E-state index is 12.2. The van der Waals surface area contributed by atoms with E-state index in [1.54, 1.807) is 24.3 Å². The van der Waals surface area contributed by atoms with E-state index < -0.39 is 11.6 Å². The van der Waals surface area contributed by atoms with E-state index in [1.807, 2.05) is 19.1 Å². The van der Waals surface area contributed by atoms with Gasteiger partial charge in [-0.15, -0.1) is 0 Å². The molecule has 0 aliphatic heterocycles. The molecule has 0 saturated carbocycles. The summed E-state index contributed by atoms with van der Waals surface area (Å²) in [5.74, 6) is -0.592. The van der Waals surface area contributed by atoms with Crippen molar-refractivity contribution in [3.05, 3.63) is 75.6 Å². The lowest BCUT2D eigenvalue weighted by atomic mass is 10.1. The Morgan fingerprint density at radius 3 is 2.46 bits per heavy atom. The number of rotatable bonds is 3. The average molecular weight is 322 g/mol. The molecule has 0 amide bonds. The molecular weight excluding hydrogens is 308 g/mol. The highest BCUT2D eigenvalue weighted by atomic mass is 16.5. The maximum absolute atomic E-state index is 12.2. The number of aryl methyl sites for hydroxylation is 1. The Morgan fingerprint density at radius 1 is 1.00 bits per heavy atom. The van der Waals surface area contributed by atoms with Crippen LogP contribution < -0.4 is 10.4 Å². The minimum atomic E-state index is -0.711. The first-order chi connectivity index (χ1) is 11.5. The smallest absolute Gasteiger partial charge is 0.347 e. The van der Waals surface area contributed by atoms with Gasteiger partial charge in [-0.25, -0.2) is 9.59 Å². The van der Waals surface area contributed by atoms with Crippen molar-refractivity contribution in [1.29, 1.82) is 0 Å². The van der Waals surface area contributed by atoms with E-state index in [4.69, 9.17) is 9.15 Å². The molecule has 120 valence electrons. The lowest BCUT2D eigenvalue weighted by Gasteiger charge is -2.07. The van der Waals surface area contributed by atoms with Crippen LogP contribution in [0, 0.1) is 6.92 Å². The fourth-order valence-electron chi connectivity index (χ4n) is 2.36. The fourth-order valence-corrected chi connectivity index (χ4v) is 2.36. The predicted octanol–water partition coefficient (Wildman–Crippen LogP) is 3.52. The van der Waals surface area contributed by atoms with Gasteiger partial charge < -0.3 is 9.15 Å². The summed E-state index contributed by atoms with van der Waals surface area (Å²) < 4.78 is 10.5. The zero-order chi connectivity index (χ0) is 17.3. The van der Waals surface area contributed by atoms with Crippen molar-refractivity contribution in [3.63, 3.8) is 0 Å². The van der Waals surface area contributed by atoms with Gasteiger partial charge in [0.25, 0.3) is 0 Å². The number of benzene rings is 2. The molecule has 5 nitrogen and oxygen atoms in total. The first-order valence-corrected chi connectivity index (χ1v) is 7.32. The molecule has 0 saturated heterocycles. The Labute approximate surface area is 137 Å². The molecule has 2 aromatic carbocycles. The molecule has 5 heteroatoms. The highest BCUT2D eigenvalue weighted by Gasteiger charge is 2.13. The SMILES string of the molecule is CC(=O)c1cc2ccc(OC(=O)c3ccccc3C)cc2oc1=O. The molecule has 0 aliphatic rings. The first kappa shape index (κ1) is 15.7. The number of ether oxygens (including phenoxy) is 1. The predicted molar refractivity (Wildman–Crippen MR) is 88.6 cm³/mol. The highest BCUT2D eigenvalue weighted by Crippen LogP contribution is 2.22. The minimum absolute atomic E-state index is 0.00726. The van der Waals surface area contributed by atoms with Crippen LogP contribution in [0.15, 0.2) is 57.7 Å². The highest BCUT2D eigenvalue weighted by molar-refractivity contribution is 5.97. The molecule has 0 fully saturated rings. The summed E-state index contributed by atoms with van der Waals surface area (Å²) in [4.78, 5) is 35.4. The van der Waals surface area contributed by atoms with Crippen LogP contribution in [0.4, 0.5) is 0 Å². The molecule has 0 aliphatic carbocycles. The van der Waals surface area contributed by atoms with E-state index in [9.17, 15) is 14.4 Å². The van der Waals surface area contributed by atoms with Crippen molar-refractivity contribution < 1.29 is 18.7 Å². The number of hydrogen-bond acceptors (Lipinski definition) is 5. The third-order valence-electron chi connectivity index (χ3n) is 3.66. The van der Waals surface area contributed by atoms with Gasteiger partial charge in [-0.05, 0) is 43.7 Å². The van der Waals surface area contributed by atoms with E-state index in [0.29, 0.717) is 10.9 Å². The number of ketones is 1. The van der Waals surface area contributed by atoms with Crippen molar-refractivity contribution in [2.75, 3.05) is 0 Å². The second-order valence-corrected chi connectivity index (χ2v) is 5.41. The number of hydrogen-bond donors (Lipinski definition) is 0. The lowest BCUT2D eigenvalue weighted by molar-refractivity contribution is 0.0734. The van der Waals surface area contributed by atoms with Gasteiger partial charge in [0, 0.05) is 11.5 Å². The van der Waals surface area contributed by atoms with Gasteiger partial charge >= 0.3 is 11.6 Å². The molecular formula is C19H14O5. The molecule has 1 aromatic heterocycles. The Morgan fingerprint density at radius 2 is 1.75 bits per heavy atom. The molecule has 0 atom stereocenters. The van der Waals surface area contributed by atoms with E-state index in [-0.39, 0.29) is 22.7 Å². The Hall–Kier alpha value is -3.21. The van der Waals surface area contributed by atoms with Crippen LogP contribution in [-0.2, 0) is 0 Å². The number of Topliss-reactive ketones (excluding diaryl/α,β-unsaturated/α-hetero) is 1. The van der Waals surface area contributed by atoms with Crippen LogP contribution in [0.5, 0.6) is 5.75 Å². The topological polar surface area (TPSA) is 73.6 Å². The van der Waals surface area contributed by atoms with E-state index >= 15 is 0 Å². The molecule has 0 bridgehead atoms. The molecule has 0 spiro atoms. The standard InChI is InChI=1S/C19H14O5/c1-11-5-3-4-6-15(11)18(21)23-14-8-7-13-9-16(12(2)20)19(22)24-17(13)10-14/h3-10H,1-2H3. The normalized spacial score (nSPS) is 10.6. The van der Waals surface area contributed by atoms with E-state index in [0.717, 1.165) is 5.56 Å². The summed E-state index contributed by atoms with van der Waals surface area (Å²) >= 11 is 0. The molecule has 3 aromatic rings. The monoisotopic (exact) mass is 322 g/mol. The van der Waals surface area contributed by atoms with Gasteiger partial charge in [0.2, 0.25) is 0 Å². The minimum Gasteiger partial charge on any atom is -0.423 e. The summed E-state index contributed by atoms with van der Waals surface area (Å²) in [6.07, 6.45) is 0. The average Bonchev–Trinajstić information content (AvgIpc) is 2.54. The van der Waals surface area contributed by atoms with Crippen LogP contribution in [0.25, 0.3) is 11.0 Å². The van der Waals surface area contributed by atoms with Gasteiger partial charge in [0.15, 0.2) is 5.78 Å². The lowest BCUT2D eigenvalue weighted by Crippen LogP contribution is -2.12. The zero-order valence-corrected chi connectivity index (χ0v) is 13.2. The molecule has 0 N–H and O–H groups in total. The van der Waals surface area contributed by atoms with E-state index in [1.165, 1.54) is 19.1 Å². The van der Waals surface area contributed by atoms with Crippen LogP contribution >= 0.6 is 0 Å². The van der Waals surface area contributed by atoms with Crippen LogP contribution in [0.1, 0.15) is 33.2 Å². The van der Waals surface area contributed by atoms with Gasteiger partial charge in [0.1, 0.15) is 16.9 Å². The number of fused-ring (bicyclic) bond motifs is 1. The van der Waals surface area contributed by atoms with Crippen LogP contribution in [0.3, 0.4) is 0 Å². The number of carbonyl (C=O) groups is 2. The number of carbonyl (C=O) groups excluding carboxylic acids is 2. The van der Waals surface area contributed by atoms with Gasteiger partial charge in [-0.2, -0.15) is 0 Å². The van der Waals surface area contributed by atoms with E-state index in [2.05, 4.69) is 0 Å². The second-order valence-electron chi connectivity index (χ2n) is 5.41. The molecule has 3 rings (SSSR count). The van der Waals surface area contributed by atoms with Crippen molar-refractivity contribution in [1.82, 2.24) is 0 Å². The molecule has 0 radical (unpaired) electrons. The molecule has 1 heterocycles. The van der Waals surface area contributed by atoms with Crippen molar-refractivity contribution >= 4 is 22.7 Å². The Kier molecular flexibility index (Phi) is 4.00. The Bertz CT molecular complexity index is 1010. The zero-order valence-electron chi connectivity index (χ0n) is 13.2. The summed E-state index contributed by atoms with van der Waals surface area (Å²) in [6.45, 7) is 3.12. The number of esters is 1. The quantitative estimate of drug-likeness (QED) is 0.319. The summed E-state index contributed by atoms with van der Waals surface area (Å²) in [5, 5.41) is 0.579. The summed E-state index contributed by atoms with van der Waals surface area (Å²) in [5.41, 5.74) is 0.802. The fraction of sp³-hybridized carbons (Fsp3) is 0.105. The first-order valence-electron chi connectivity index (χ1n) is 7.32. The molecule has 0 unspecified atom stereocenters. The summed E-state index contributed by atoms with van der Waals surface area (Å²) in [6, 6.07) is 13.2. The van der Waals surface area contributed by atoms with Crippen molar-refractivity contribution in [2.24, 2.45) is 0 Å². The Balaban J connectivity index is 1.95. The third kappa shape index (κ3) is 2.96. The maximum Gasteiger partial charge on any atom is 0.347 e. The molecule has 24 heavy (non-hydrogen) atoms. The third-order valence-corrected chi connectivity index (χ3v) is 3.66. The van der Waals surface area contributed by atoms with Crippen molar-refractivity contribution in [3.8, 4) is 5.75 Å². The summed E-state index contributed by atoms with van der Waals surface area (Å²) in [7, 11) is 0. The van der Waals surface area contributed by atoms with Crippen LogP contribution in [0.2, 0.25) is 0 Å². The second kappa shape index (κ2) is 6.12.